The number of carbonyl (C=O) groups is 2. The number of amides is 2. The third kappa shape index (κ3) is 5.75. The van der Waals surface area contributed by atoms with E-state index in [0.717, 1.165) is 23.5 Å². The molecule has 2 rings (SSSR count). The lowest BCUT2D eigenvalue weighted by Gasteiger charge is -2.08. The molecule has 0 atom stereocenters. The van der Waals surface area contributed by atoms with Gasteiger partial charge in [-0.15, -0.1) is 0 Å². The summed E-state index contributed by atoms with van der Waals surface area (Å²) in [6, 6.07) is 3.54. The first-order chi connectivity index (χ1) is 12.4. The molecule has 0 aliphatic heterocycles. The summed E-state index contributed by atoms with van der Waals surface area (Å²) in [7, 11) is 0. The van der Waals surface area contributed by atoms with Crippen LogP contribution in [-0.4, -0.2) is 28.1 Å². The lowest BCUT2D eigenvalue weighted by molar-refractivity contribution is -0.126. The molecular weight excluding hydrogens is 332 g/mol. The summed E-state index contributed by atoms with van der Waals surface area (Å²) in [5, 5.41) is 9.91. The van der Waals surface area contributed by atoms with Crippen LogP contribution < -0.4 is 10.6 Å². The van der Waals surface area contributed by atoms with Crippen LogP contribution in [-0.2, 0) is 29.1 Å². The van der Waals surface area contributed by atoms with Crippen molar-refractivity contribution in [2.24, 2.45) is 5.92 Å². The fourth-order valence-corrected chi connectivity index (χ4v) is 2.79. The SMILES string of the molecule is Cc1nn(CC(C)C)c(C)c1CCC(=O)NCC(=O)NCc1ccco1. The summed E-state index contributed by atoms with van der Waals surface area (Å²) in [6.07, 6.45) is 2.51. The van der Waals surface area contributed by atoms with Gasteiger partial charge in [0.2, 0.25) is 11.8 Å². The van der Waals surface area contributed by atoms with Gasteiger partial charge in [-0.2, -0.15) is 5.10 Å². The van der Waals surface area contributed by atoms with Gasteiger partial charge in [0.05, 0.1) is 25.0 Å². The zero-order valence-corrected chi connectivity index (χ0v) is 16.0. The molecule has 0 aliphatic carbocycles. The highest BCUT2D eigenvalue weighted by molar-refractivity contribution is 5.84. The summed E-state index contributed by atoms with van der Waals surface area (Å²) in [5.74, 6) is 0.804. The second-order valence-electron chi connectivity index (χ2n) is 6.86. The van der Waals surface area contributed by atoms with Gasteiger partial charge in [0.1, 0.15) is 5.76 Å². The molecular formula is C19H28N4O3. The lowest BCUT2D eigenvalue weighted by atomic mass is 10.1. The Morgan fingerprint density at radius 2 is 2.00 bits per heavy atom. The van der Waals surface area contributed by atoms with E-state index in [1.165, 1.54) is 0 Å². The second kappa shape index (κ2) is 9.22. The van der Waals surface area contributed by atoms with Gasteiger partial charge in [0.15, 0.2) is 0 Å². The van der Waals surface area contributed by atoms with E-state index in [2.05, 4.69) is 29.6 Å². The Hall–Kier alpha value is -2.57. The zero-order valence-electron chi connectivity index (χ0n) is 16.0. The predicted molar refractivity (Wildman–Crippen MR) is 98.4 cm³/mol. The Labute approximate surface area is 154 Å². The van der Waals surface area contributed by atoms with Gasteiger partial charge in [-0.3, -0.25) is 14.3 Å². The van der Waals surface area contributed by atoms with Crippen LogP contribution >= 0.6 is 0 Å². The number of hydrogen-bond acceptors (Lipinski definition) is 4. The van der Waals surface area contributed by atoms with Crippen LogP contribution in [0, 0.1) is 19.8 Å². The van der Waals surface area contributed by atoms with Crippen LogP contribution in [0.25, 0.3) is 0 Å². The average molecular weight is 360 g/mol. The van der Waals surface area contributed by atoms with E-state index in [1.54, 1.807) is 18.4 Å². The monoisotopic (exact) mass is 360 g/mol. The highest BCUT2D eigenvalue weighted by Crippen LogP contribution is 2.16. The third-order valence-corrected chi connectivity index (χ3v) is 4.16. The van der Waals surface area contributed by atoms with Crippen LogP contribution in [0.2, 0.25) is 0 Å². The number of hydrogen-bond donors (Lipinski definition) is 2. The van der Waals surface area contributed by atoms with Crippen molar-refractivity contribution in [3.05, 3.63) is 41.1 Å². The fraction of sp³-hybridized carbons (Fsp3) is 0.526. The molecule has 0 aliphatic rings. The number of rotatable bonds is 9. The molecule has 2 aromatic rings. The molecule has 0 unspecified atom stereocenters. The first kappa shape index (κ1) is 19.8. The molecule has 0 radical (unpaired) electrons. The Balaban J connectivity index is 1.74. The van der Waals surface area contributed by atoms with E-state index in [1.807, 2.05) is 18.5 Å². The zero-order chi connectivity index (χ0) is 19.1. The normalized spacial score (nSPS) is 11.0. The van der Waals surface area contributed by atoms with Crippen molar-refractivity contribution < 1.29 is 14.0 Å². The Kier molecular flexibility index (Phi) is 7.00. The van der Waals surface area contributed by atoms with Crippen molar-refractivity contribution in [2.45, 2.75) is 53.6 Å². The Morgan fingerprint density at radius 1 is 1.23 bits per heavy atom. The van der Waals surface area contributed by atoms with Gasteiger partial charge in [0, 0.05) is 18.7 Å². The van der Waals surface area contributed by atoms with Crippen molar-refractivity contribution in [3.63, 3.8) is 0 Å². The smallest absolute Gasteiger partial charge is 0.239 e. The van der Waals surface area contributed by atoms with Gasteiger partial charge in [-0.1, -0.05) is 13.8 Å². The molecule has 26 heavy (non-hydrogen) atoms. The van der Waals surface area contributed by atoms with Gasteiger partial charge >= 0.3 is 0 Å². The standard InChI is InChI=1S/C19H28N4O3/c1-13(2)12-23-15(4)17(14(3)22-23)7-8-18(24)21-11-19(25)20-10-16-6-5-9-26-16/h5-6,9,13H,7-8,10-12H2,1-4H3,(H,20,25)(H,21,24). The van der Waals surface area contributed by atoms with E-state index in [4.69, 9.17) is 4.42 Å². The Morgan fingerprint density at radius 3 is 2.65 bits per heavy atom. The van der Waals surface area contributed by atoms with Crippen LogP contribution in [0.4, 0.5) is 0 Å². The molecule has 0 fully saturated rings. The van der Waals surface area contributed by atoms with Crippen LogP contribution in [0.1, 0.15) is 43.0 Å². The molecule has 0 saturated heterocycles. The average Bonchev–Trinajstić information content (AvgIpc) is 3.18. The number of carbonyl (C=O) groups excluding carboxylic acids is 2. The highest BCUT2D eigenvalue weighted by Gasteiger charge is 2.14. The molecule has 0 bridgehead atoms. The molecule has 2 heterocycles. The first-order valence-corrected chi connectivity index (χ1v) is 8.95. The fourth-order valence-electron chi connectivity index (χ4n) is 2.79. The van der Waals surface area contributed by atoms with Gasteiger partial charge in [-0.05, 0) is 43.9 Å². The molecule has 142 valence electrons. The van der Waals surface area contributed by atoms with Gasteiger partial charge in [-0.25, -0.2) is 0 Å². The first-order valence-electron chi connectivity index (χ1n) is 8.95. The minimum absolute atomic E-state index is 0.0376. The van der Waals surface area contributed by atoms with Crippen LogP contribution in [0.3, 0.4) is 0 Å². The molecule has 0 aromatic carbocycles. The quantitative estimate of drug-likeness (QED) is 0.717. The lowest BCUT2D eigenvalue weighted by Crippen LogP contribution is -2.36. The van der Waals surface area contributed by atoms with Crippen molar-refractivity contribution in [2.75, 3.05) is 6.54 Å². The maximum Gasteiger partial charge on any atom is 0.239 e. The van der Waals surface area contributed by atoms with E-state index < -0.39 is 0 Å². The number of nitrogens with zero attached hydrogens (tertiary/aromatic N) is 2. The Bertz CT molecular complexity index is 732. The van der Waals surface area contributed by atoms with E-state index in [0.29, 0.717) is 31.1 Å². The van der Waals surface area contributed by atoms with Gasteiger partial charge in [0.25, 0.3) is 0 Å². The largest absolute Gasteiger partial charge is 0.467 e. The van der Waals surface area contributed by atoms with E-state index in [-0.39, 0.29) is 18.4 Å². The highest BCUT2D eigenvalue weighted by atomic mass is 16.3. The predicted octanol–water partition coefficient (Wildman–Crippen LogP) is 2.11. The van der Waals surface area contributed by atoms with Crippen molar-refractivity contribution in [3.8, 4) is 0 Å². The van der Waals surface area contributed by atoms with Crippen LogP contribution in [0.5, 0.6) is 0 Å². The topological polar surface area (TPSA) is 89.2 Å². The number of aryl methyl sites for hydroxylation is 1. The molecule has 2 aromatic heterocycles. The molecule has 0 saturated carbocycles. The number of aromatic nitrogens is 2. The number of furan rings is 1. The summed E-state index contributed by atoms with van der Waals surface area (Å²) in [6.45, 7) is 9.46. The van der Waals surface area contributed by atoms with Crippen molar-refractivity contribution in [1.82, 2.24) is 20.4 Å². The minimum atomic E-state index is -0.244. The van der Waals surface area contributed by atoms with Crippen molar-refractivity contribution >= 4 is 11.8 Å². The van der Waals surface area contributed by atoms with E-state index >= 15 is 0 Å². The third-order valence-electron chi connectivity index (χ3n) is 4.16. The second-order valence-corrected chi connectivity index (χ2v) is 6.86. The summed E-state index contributed by atoms with van der Waals surface area (Å²) in [5.41, 5.74) is 3.19. The van der Waals surface area contributed by atoms with Crippen LogP contribution in [0.15, 0.2) is 22.8 Å². The summed E-state index contributed by atoms with van der Waals surface area (Å²) >= 11 is 0. The molecule has 2 amide bonds. The minimum Gasteiger partial charge on any atom is -0.467 e. The maximum atomic E-state index is 12.0. The molecule has 0 spiro atoms. The molecule has 7 heteroatoms. The summed E-state index contributed by atoms with van der Waals surface area (Å²) < 4.78 is 7.14. The molecule has 7 nitrogen and oxygen atoms in total. The molecule has 2 N–H and O–H groups in total. The summed E-state index contributed by atoms with van der Waals surface area (Å²) in [4.78, 5) is 23.8. The van der Waals surface area contributed by atoms with Crippen molar-refractivity contribution in [1.29, 1.82) is 0 Å². The maximum absolute atomic E-state index is 12.0. The van der Waals surface area contributed by atoms with Gasteiger partial charge < -0.3 is 15.1 Å². The van der Waals surface area contributed by atoms with E-state index in [9.17, 15) is 9.59 Å². The number of nitrogens with one attached hydrogen (secondary N) is 2.